The number of carbonyl (C=O) groups excluding carboxylic acids is 1. The molecule has 3 heterocycles. The van der Waals surface area contributed by atoms with Gasteiger partial charge in [-0.05, 0) is 37.5 Å². The number of benzene rings is 1. The third kappa shape index (κ3) is 2.67. The first-order chi connectivity index (χ1) is 11.6. The molecule has 1 aromatic carbocycles. The van der Waals surface area contributed by atoms with Crippen LogP contribution in [0.4, 0.5) is 10.5 Å². The van der Waals surface area contributed by atoms with Gasteiger partial charge in [0.15, 0.2) is 0 Å². The highest BCUT2D eigenvalue weighted by atomic mass is 16.6. The molecule has 0 bridgehead atoms. The average molecular weight is 327 g/mol. The number of hydrogen-bond donors (Lipinski definition) is 0. The molecule has 0 N–H and O–H groups in total. The molecule has 6 nitrogen and oxygen atoms in total. The number of oxazole rings is 1. The van der Waals surface area contributed by atoms with Gasteiger partial charge >= 0.3 is 6.09 Å². The smallest absolute Gasteiger partial charge is 0.414 e. The van der Waals surface area contributed by atoms with Crippen LogP contribution in [0.3, 0.4) is 0 Å². The van der Waals surface area contributed by atoms with Gasteiger partial charge in [-0.1, -0.05) is 12.1 Å². The van der Waals surface area contributed by atoms with E-state index in [-0.39, 0.29) is 6.09 Å². The fourth-order valence-electron chi connectivity index (χ4n) is 3.45. The maximum atomic E-state index is 11.9. The van der Waals surface area contributed by atoms with Crippen LogP contribution < -0.4 is 4.90 Å². The molecular formula is C18H21N3O3. The molecular weight excluding hydrogens is 306 g/mol. The van der Waals surface area contributed by atoms with Crippen molar-refractivity contribution in [1.82, 2.24) is 9.88 Å². The van der Waals surface area contributed by atoms with Crippen LogP contribution in [0.5, 0.6) is 0 Å². The van der Waals surface area contributed by atoms with E-state index in [9.17, 15) is 4.79 Å². The Balaban J connectivity index is 1.54. The van der Waals surface area contributed by atoms with E-state index in [4.69, 9.17) is 9.15 Å². The summed E-state index contributed by atoms with van der Waals surface area (Å²) in [6.07, 6.45) is 0.671. The number of aryl methyl sites for hydroxylation is 2. The Morgan fingerprint density at radius 3 is 2.83 bits per heavy atom. The fraction of sp³-hybridized carbons (Fsp3) is 0.444. The van der Waals surface area contributed by atoms with Crippen LogP contribution in [-0.2, 0) is 24.2 Å². The SMILES string of the molecule is Cc1nc(CN2CCc3c(cccc3N3CCOC3=O)C2)oc1C. The van der Waals surface area contributed by atoms with Crippen molar-refractivity contribution in [3.05, 3.63) is 46.7 Å². The number of carbonyl (C=O) groups is 1. The van der Waals surface area contributed by atoms with Crippen LogP contribution in [0, 0.1) is 13.8 Å². The molecule has 0 radical (unpaired) electrons. The van der Waals surface area contributed by atoms with Crippen LogP contribution in [-0.4, -0.2) is 35.7 Å². The van der Waals surface area contributed by atoms with Gasteiger partial charge in [0, 0.05) is 13.1 Å². The number of cyclic esters (lactones) is 1. The van der Waals surface area contributed by atoms with Gasteiger partial charge in [-0.2, -0.15) is 0 Å². The Morgan fingerprint density at radius 1 is 1.25 bits per heavy atom. The number of fused-ring (bicyclic) bond motifs is 1. The first-order valence-corrected chi connectivity index (χ1v) is 8.32. The monoisotopic (exact) mass is 327 g/mol. The highest BCUT2D eigenvalue weighted by molar-refractivity contribution is 5.90. The molecule has 1 amide bonds. The quantitative estimate of drug-likeness (QED) is 0.867. The standard InChI is InChI=1S/C18H21N3O3/c1-12-13(2)24-17(19-12)11-20-7-6-15-14(10-20)4-3-5-16(15)21-8-9-23-18(21)22/h3-5H,6-11H2,1-2H3. The van der Waals surface area contributed by atoms with Gasteiger partial charge in [-0.3, -0.25) is 9.80 Å². The minimum Gasteiger partial charge on any atom is -0.447 e. The number of rotatable bonds is 3. The summed E-state index contributed by atoms with van der Waals surface area (Å²) in [5.41, 5.74) is 4.47. The van der Waals surface area contributed by atoms with Gasteiger partial charge in [-0.15, -0.1) is 0 Å². The third-order valence-corrected chi connectivity index (χ3v) is 4.80. The lowest BCUT2D eigenvalue weighted by Crippen LogP contribution is -2.32. The van der Waals surface area contributed by atoms with Crippen LogP contribution in [0.1, 0.15) is 28.5 Å². The number of ether oxygens (including phenoxy) is 1. The maximum absolute atomic E-state index is 11.9. The molecule has 2 aromatic rings. The average Bonchev–Trinajstić information content (AvgIpc) is 3.12. The van der Waals surface area contributed by atoms with E-state index in [2.05, 4.69) is 16.0 Å². The molecule has 0 unspecified atom stereocenters. The second kappa shape index (κ2) is 5.94. The number of aromatic nitrogens is 1. The molecule has 4 rings (SSSR count). The number of nitrogens with zero attached hydrogens (tertiary/aromatic N) is 3. The van der Waals surface area contributed by atoms with Crippen molar-refractivity contribution in [2.75, 3.05) is 24.6 Å². The van der Waals surface area contributed by atoms with E-state index < -0.39 is 0 Å². The number of hydrogen-bond acceptors (Lipinski definition) is 5. The van der Waals surface area contributed by atoms with Crippen LogP contribution >= 0.6 is 0 Å². The molecule has 24 heavy (non-hydrogen) atoms. The van der Waals surface area contributed by atoms with E-state index in [1.54, 1.807) is 4.90 Å². The van der Waals surface area contributed by atoms with Gasteiger partial charge in [0.1, 0.15) is 12.4 Å². The molecule has 1 saturated heterocycles. The van der Waals surface area contributed by atoms with Crippen LogP contribution in [0.25, 0.3) is 0 Å². The summed E-state index contributed by atoms with van der Waals surface area (Å²) in [7, 11) is 0. The van der Waals surface area contributed by atoms with Gasteiger partial charge < -0.3 is 9.15 Å². The van der Waals surface area contributed by atoms with Crippen molar-refractivity contribution in [2.24, 2.45) is 0 Å². The zero-order chi connectivity index (χ0) is 16.7. The molecule has 2 aliphatic heterocycles. The van der Waals surface area contributed by atoms with Crippen LogP contribution in [0.15, 0.2) is 22.6 Å². The summed E-state index contributed by atoms with van der Waals surface area (Å²) in [4.78, 5) is 20.4. The molecule has 0 saturated carbocycles. The second-order valence-corrected chi connectivity index (χ2v) is 6.39. The minimum absolute atomic E-state index is 0.239. The Bertz CT molecular complexity index is 764. The molecule has 1 fully saturated rings. The predicted molar refractivity (Wildman–Crippen MR) is 88.9 cm³/mol. The summed E-state index contributed by atoms with van der Waals surface area (Å²) in [6, 6.07) is 6.17. The van der Waals surface area contributed by atoms with Crippen molar-refractivity contribution < 1.29 is 13.9 Å². The molecule has 6 heteroatoms. The third-order valence-electron chi connectivity index (χ3n) is 4.80. The molecule has 0 atom stereocenters. The zero-order valence-corrected chi connectivity index (χ0v) is 14.0. The second-order valence-electron chi connectivity index (χ2n) is 6.39. The van der Waals surface area contributed by atoms with Crippen molar-refractivity contribution in [3.8, 4) is 0 Å². The van der Waals surface area contributed by atoms with E-state index in [1.165, 1.54) is 11.1 Å². The first-order valence-electron chi connectivity index (χ1n) is 8.32. The van der Waals surface area contributed by atoms with Gasteiger partial charge in [0.25, 0.3) is 0 Å². The molecule has 0 spiro atoms. The highest BCUT2D eigenvalue weighted by Gasteiger charge is 2.28. The number of anilines is 1. The van der Waals surface area contributed by atoms with Crippen molar-refractivity contribution in [2.45, 2.75) is 33.4 Å². The lowest BCUT2D eigenvalue weighted by atomic mass is 9.97. The van der Waals surface area contributed by atoms with E-state index in [1.807, 2.05) is 26.0 Å². The van der Waals surface area contributed by atoms with Gasteiger partial charge in [0.2, 0.25) is 5.89 Å². The summed E-state index contributed by atoms with van der Waals surface area (Å²) < 4.78 is 10.8. The summed E-state index contributed by atoms with van der Waals surface area (Å²) in [5.74, 6) is 1.66. The Morgan fingerprint density at radius 2 is 2.12 bits per heavy atom. The van der Waals surface area contributed by atoms with Gasteiger partial charge in [-0.25, -0.2) is 9.78 Å². The van der Waals surface area contributed by atoms with Crippen LogP contribution in [0.2, 0.25) is 0 Å². The van der Waals surface area contributed by atoms with E-state index in [0.29, 0.717) is 19.7 Å². The van der Waals surface area contributed by atoms with E-state index in [0.717, 1.165) is 42.5 Å². The van der Waals surface area contributed by atoms with Crippen molar-refractivity contribution in [3.63, 3.8) is 0 Å². The minimum atomic E-state index is -0.239. The molecule has 0 aliphatic carbocycles. The lowest BCUT2D eigenvalue weighted by molar-refractivity contribution is 0.181. The van der Waals surface area contributed by atoms with Crippen molar-refractivity contribution >= 4 is 11.8 Å². The lowest BCUT2D eigenvalue weighted by Gasteiger charge is -2.30. The normalized spacial score (nSPS) is 17.9. The molecule has 2 aliphatic rings. The topological polar surface area (TPSA) is 58.8 Å². The Kier molecular flexibility index (Phi) is 3.76. The zero-order valence-electron chi connectivity index (χ0n) is 14.0. The van der Waals surface area contributed by atoms with Gasteiger partial charge in [0.05, 0.1) is 24.5 Å². The highest BCUT2D eigenvalue weighted by Crippen LogP contribution is 2.31. The maximum Gasteiger partial charge on any atom is 0.414 e. The largest absolute Gasteiger partial charge is 0.447 e. The molecule has 1 aromatic heterocycles. The van der Waals surface area contributed by atoms with Crippen molar-refractivity contribution in [1.29, 1.82) is 0 Å². The Labute approximate surface area is 141 Å². The Hall–Kier alpha value is -2.34. The predicted octanol–water partition coefficient (Wildman–Crippen LogP) is 2.81. The first kappa shape index (κ1) is 15.2. The fourth-order valence-corrected chi connectivity index (χ4v) is 3.45. The summed E-state index contributed by atoms with van der Waals surface area (Å²) in [5, 5.41) is 0. The summed E-state index contributed by atoms with van der Waals surface area (Å²) in [6.45, 7) is 7.49. The number of amides is 1. The van der Waals surface area contributed by atoms with E-state index >= 15 is 0 Å². The summed E-state index contributed by atoms with van der Waals surface area (Å²) >= 11 is 0. The molecule has 126 valence electrons.